The summed E-state index contributed by atoms with van der Waals surface area (Å²) in [7, 11) is 0. The number of hydrogen-bond donors (Lipinski definition) is 1. The van der Waals surface area contributed by atoms with Gasteiger partial charge in [-0.15, -0.1) is 5.10 Å². The molecule has 0 bridgehead atoms. The van der Waals surface area contributed by atoms with E-state index in [0.717, 1.165) is 0 Å². The summed E-state index contributed by atoms with van der Waals surface area (Å²) in [6.45, 7) is 1.83. The minimum Gasteiger partial charge on any atom is -0.481 e. The third kappa shape index (κ3) is 2.27. The van der Waals surface area contributed by atoms with Gasteiger partial charge in [0.25, 0.3) is 0 Å². The maximum Gasteiger partial charge on any atom is 0.311 e. The molecule has 0 fully saturated rings. The summed E-state index contributed by atoms with van der Waals surface area (Å²) in [6, 6.07) is 3.42. The average molecular weight is 233 g/mol. The van der Waals surface area contributed by atoms with Crippen LogP contribution in [-0.4, -0.2) is 36.3 Å². The first-order valence-electron chi connectivity index (χ1n) is 5.14. The maximum absolute atomic E-state index is 11.0. The van der Waals surface area contributed by atoms with Crippen molar-refractivity contribution in [1.82, 2.24) is 25.2 Å². The molecule has 0 aliphatic rings. The zero-order chi connectivity index (χ0) is 12.3. The molecule has 0 aromatic carbocycles. The second-order valence-corrected chi connectivity index (χ2v) is 3.50. The second-order valence-electron chi connectivity index (χ2n) is 3.50. The SMILES string of the molecule is CCC(C(=O)O)c1ccc(-n2cnnn2)nc1. The van der Waals surface area contributed by atoms with E-state index in [4.69, 9.17) is 5.11 Å². The quantitative estimate of drug-likeness (QED) is 0.832. The fraction of sp³-hybridized carbons (Fsp3) is 0.300. The first kappa shape index (κ1) is 11.2. The average Bonchev–Trinajstić information content (AvgIpc) is 2.84. The Morgan fingerprint density at radius 1 is 1.53 bits per heavy atom. The number of aliphatic carboxylic acids is 1. The molecule has 17 heavy (non-hydrogen) atoms. The van der Waals surface area contributed by atoms with Gasteiger partial charge in [0, 0.05) is 6.20 Å². The molecule has 2 rings (SSSR count). The van der Waals surface area contributed by atoms with Crippen molar-refractivity contribution in [2.75, 3.05) is 0 Å². The Bertz CT molecular complexity index is 494. The lowest BCUT2D eigenvalue weighted by molar-refractivity contribution is -0.138. The van der Waals surface area contributed by atoms with Crippen molar-refractivity contribution in [3.8, 4) is 5.82 Å². The maximum atomic E-state index is 11.0. The van der Waals surface area contributed by atoms with E-state index >= 15 is 0 Å². The molecule has 7 nitrogen and oxygen atoms in total. The van der Waals surface area contributed by atoms with Gasteiger partial charge in [0.05, 0.1) is 5.92 Å². The van der Waals surface area contributed by atoms with Crippen molar-refractivity contribution in [1.29, 1.82) is 0 Å². The number of tetrazole rings is 1. The molecule has 1 unspecified atom stereocenters. The lowest BCUT2D eigenvalue weighted by Crippen LogP contribution is -2.11. The summed E-state index contributed by atoms with van der Waals surface area (Å²) in [5, 5.41) is 19.7. The van der Waals surface area contributed by atoms with Crippen LogP contribution < -0.4 is 0 Å². The predicted molar refractivity (Wildman–Crippen MR) is 57.6 cm³/mol. The van der Waals surface area contributed by atoms with E-state index in [1.54, 1.807) is 18.3 Å². The molecule has 0 aliphatic heterocycles. The molecule has 2 heterocycles. The van der Waals surface area contributed by atoms with Crippen molar-refractivity contribution in [2.24, 2.45) is 0 Å². The van der Waals surface area contributed by atoms with E-state index in [2.05, 4.69) is 20.5 Å². The number of carboxylic acid groups (broad SMARTS) is 1. The first-order chi connectivity index (χ1) is 8.22. The minimum absolute atomic E-state index is 0.523. The van der Waals surface area contributed by atoms with Crippen molar-refractivity contribution in [3.05, 3.63) is 30.2 Å². The van der Waals surface area contributed by atoms with Crippen LogP contribution in [0.4, 0.5) is 0 Å². The van der Waals surface area contributed by atoms with Crippen molar-refractivity contribution < 1.29 is 9.90 Å². The number of nitrogens with zero attached hydrogens (tertiary/aromatic N) is 5. The number of pyridine rings is 1. The fourth-order valence-electron chi connectivity index (χ4n) is 1.56. The molecule has 2 aromatic heterocycles. The van der Waals surface area contributed by atoms with Crippen LogP contribution in [0, 0.1) is 0 Å². The van der Waals surface area contributed by atoms with Gasteiger partial charge in [-0.2, -0.15) is 4.68 Å². The molecule has 1 atom stereocenters. The van der Waals surface area contributed by atoms with Gasteiger partial charge in [0.2, 0.25) is 0 Å². The van der Waals surface area contributed by atoms with Crippen LogP contribution in [0.25, 0.3) is 5.82 Å². The smallest absolute Gasteiger partial charge is 0.311 e. The van der Waals surface area contributed by atoms with E-state index in [9.17, 15) is 4.79 Å². The van der Waals surface area contributed by atoms with Crippen LogP contribution in [0.2, 0.25) is 0 Å². The van der Waals surface area contributed by atoms with Gasteiger partial charge in [-0.3, -0.25) is 4.79 Å². The summed E-state index contributed by atoms with van der Waals surface area (Å²) < 4.78 is 1.41. The van der Waals surface area contributed by atoms with E-state index in [1.165, 1.54) is 11.0 Å². The Balaban J connectivity index is 2.26. The van der Waals surface area contributed by atoms with E-state index < -0.39 is 11.9 Å². The number of carbonyl (C=O) groups is 1. The molecule has 0 radical (unpaired) electrons. The molecule has 0 saturated heterocycles. The molecular weight excluding hydrogens is 222 g/mol. The van der Waals surface area contributed by atoms with E-state index in [0.29, 0.717) is 17.8 Å². The molecule has 0 saturated carbocycles. The highest BCUT2D eigenvalue weighted by molar-refractivity contribution is 5.75. The molecular formula is C10H11N5O2. The summed E-state index contributed by atoms with van der Waals surface area (Å²) >= 11 is 0. The lowest BCUT2D eigenvalue weighted by Gasteiger charge is -2.09. The topological polar surface area (TPSA) is 93.8 Å². The third-order valence-electron chi connectivity index (χ3n) is 2.46. The van der Waals surface area contributed by atoms with Gasteiger partial charge in [-0.1, -0.05) is 13.0 Å². The lowest BCUT2D eigenvalue weighted by atomic mass is 9.99. The third-order valence-corrected chi connectivity index (χ3v) is 2.46. The monoisotopic (exact) mass is 233 g/mol. The summed E-state index contributed by atoms with van der Waals surface area (Å²) in [6.07, 6.45) is 3.50. The zero-order valence-electron chi connectivity index (χ0n) is 9.19. The highest BCUT2D eigenvalue weighted by atomic mass is 16.4. The summed E-state index contributed by atoms with van der Waals surface area (Å²) in [5.74, 6) is -0.811. The van der Waals surface area contributed by atoms with Crippen LogP contribution in [0.15, 0.2) is 24.7 Å². The van der Waals surface area contributed by atoms with Crippen LogP contribution in [-0.2, 0) is 4.79 Å². The zero-order valence-corrected chi connectivity index (χ0v) is 9.19. The number of hydrogen-bond acceptors (Lipinski definition) is 5. The van der Waals surface area contributed by atoms with E-state index in [-0.39, 0.29) is 0 Å². The summed E-state index contributed by atoms with van der Waals surface area (Å²) in [5.41, 5.74) is 0.678. The van der Waals surface area contributed by atoms with E-state index in [1.807, 2.05) is 6.92 Å². The summed E-state index contributed by atoms with van der Waals surface area (Å²) in [4.78, 5) is 15.1. The standard InChI is InChI=1S/C10H11N5O2/c1-2-8(10(16)17)7-3-4-9(11-5-7)15-6-12-13-14-15/h3-6,8H,2H2,1H3,(H,16,17). The first-order valence-corrected chi connectivity index (χ1v) is 5.14. The Hall–Kier alpha value is -2.31. The van der Waals surface area contributed by atoms with Gasteiger partial charge in [-0.05, 0) is 28.5 Å². The van der Waals surface area contributed by atoms with Gasteiger partial charge in [0.1, 0.15) is 6.33 Å². The Morgan fingerprint density at radius 3 is 2.82 bits per heavy atom. The Morgan fingerprint density at radius 2 is 2.35 bits per heavy atom. The van der Waals surface area contributed by atoms with Gasteiger partial charge >= 0.3 is 5.97 Å². The van der Waals surface area contributed by atoms with Crippen LogP contribution in [0.1, 0.15) is 24.8 Å². The second kappa shape index (κ2) is 4.69. The molecule has 0 amide bonds. The van der Waals surface area contributed by atoms with Crippen molar-refractivity contribution in [3.63, 3.8) is 0 Å². The van der Waals surface area contributed by atoms with Gasteiger partial charge in [-0.25, -0.2) is 4.98 Å². The van der Waals surface area contributed by atoms with Crippen LogP contribution in [0.5, 0.6) is 0 Å². The number of rotatable bonds is 4. The highest BCUT2D eigenvalue weighted by Gasteiger charge is 2.17. The normalized spacial score (nSPS) is 12.3. The van der Waals surface area contributed by atoms with Crippen molar-refractivity contribution in [2.45, 2.75) is 19.3 Å². The van der Waals surface area contributed by atoms with Gasteiger partial charge < -0.3 is 5.11 Å². The van der Waals surface area contributed by atoms with Gasteiger partial charge in [0.15, 0.2) is 5.82 Å². The molecule has 0 spiro atoms. The molecule has 2 aromatic rings. The predicted octanol–water partition coefficient (Wildman–Crippen LogP) is 0.635. The van der Waals surface area contributed by atoms with Crippen LogP contribution in [0.3, 0.4) is 0 Å². The molecule has 1 N–H and O–H groups in total. The van der Waals surface area contributed by atoms with Crippen molar-refractivity contribution >= 4 is 5.97 Å². The Labute approximate surface area is 97.1 Å². The number of carboxylic acids is 1. The highest BCUT2D eigenvalue weighted by Crippen LogP contribution is 2.19. The Kier molecular flexibility index (Phi) is 3.08. The molecule has 88 valence electrons. The largest absolute Gasteiger partial charge is 0.481 e. The van der Waals surface area contributed by atoms with Crippen LogP contribution >= 0.6 is 0 Å². The fourth-order valence-corrected chi connectivity index (χ4v) is 1.56. The number of aromatic nitrogens is 5. The molecule has 7 heteroatoms. The molecule has 0 aliphatic carbocycles. The minimum atomic E-state index is -0.843.